The first-order valence-corrected chi connectivity index (χ1v) is 30.1. The van der Waals surface area contributed by atoms with Gasteiger partial charge in [-0.15, -0.1) is 0 Å². The Kier molecular flexibility index (Phi) is 31.3. The lowest BCUT2D eigenvalue weighted by Gasteiger charge is -2.34. The Balaban J connectivity index is 0.000000317. The number of rotatable bonds is 23. The van der Waals surface area contributed by atoms with Crippen molar-refractivity contribution in [2.24, 2.45) is 17.6 Å². The van der Waals surface area contributed by atoms with Crippen LogP contribution >= 0.6 is 23.2 Å². The number of halogens is 4. The molecule has 2 heterocycles. The topological polar surface area (TPSA) is 265 Å². The molecule has 0 aromatic heterocycles. The van der Waals surface area contributed by atoms with Crippen LogP contribution in [0.3, 0.4) is 0 Å². The molecule has 25 heteroatoms. The molecular formula is C64H88Cl2F2N6O15. The van der Waals surface area contributed by atoms with Crippen molar-refractivity contribution in [3.8, 4) is 0 Å². The van der Waals surface area contributed by atoms with E-state index in [1.807, 2.05) is 41.5 Å². The minimum Gasteiger partial charge on any atom is -0.478 e. The molecule has 6 atom stereocenters. The molecule has 2 unspecified atom stereocenters. The Morgan fingerprint density at radius 1 is 0.629 bits per heavy atom. The monoisotopic (exact) mass is 1290 g/mol. The lowest BCUT2D eigenvalue weighted by atomic mass is 9.93. The molecule has 5 amide bonds. The second-order valence-corrected chi connectivity index (χ2v) is 24.2. The van der Waals surface area contributed by atoms with Crippen LogP contribution in [0.15, 0.2) is 84.9 Å². The molecule has 0 bridgehead atoms. The number of methoxy groups -OCH3 is 2. The molecule has 0 saturated carbocycles. The number of benzene rings is 4. The fourth-order valence-electron chi connectivity index (χ4n) is 9.53. The molecule has 21 nitrogen and oxygen atoms in total. The largest absolute Gasteiger partial charge is 0.478 e. The van der Waals surface area contributed by atoms with Gasteiger partial charge in [-0.25, -0.2) is 32.8 Å². The van der Waals surface area contributed by atoms with Crippen LogP contribution in [0.1, 0.15) is 135 Å². The van der Waals surface area contributed by atoms with Gasteiger partial charge < -0.3 is 74.5 Å². The highest BCUT2D eigenvalue weighted by atomic mass is 35.5. The second-order valence-electron chi connectivity index (χ2n) is 23.4. The van der Waals surface area contributed by atoms with Crippen molar-refractivity contribution < 1.29 is 80.5 Å². The van der Waals surface area contributed by atoms with Gasteiger partial charge in [-0.2, -0.15) is 0 Å². The highest BCUT2D eigenvalue weighted by Crippen LogP contribution is 2.32. The van der Waals surface area contributed by atoms with Gasteiger partial charge in [0.25, 0.3) is 5.91 Å². The van der Waals surface area contributed by atoms with E-state index >= 15 is 0 Å². The Bertz CT molecular complexity index is 2860. The van der Waals surface area contributed by atoms with Crippen molar-refractivity contribution in [1.29, 1.82) is 0 Å². The molecule has 4 aromatic carbocycles. The third-order valence-electron chi connectivity index (χ3n) is 13.9. The number of ether oxygens (including phenoxy) is 8. The lowest BCUT2D eigenvalue weighted by Crippen LogP contribution is -2.48. The molecule has 89 heavy (non-hydrogen) atoms. The lowest BCUT2D eigenvalue weighted by molar-refractivity contribution is 0.0110. The Morgan fingerprint density at radius 2 is 1.06 bits per heavy atom. The van der Waals surface area contributed by atoms with Gasteiger partial charge >= 0.3 is 30.3 Å². The number of likely N-dealkylation sites (N-methyl/N-ethyl adjacent to an activating group) is 2. The number of aromatic carboxylic acids is 1. The summed E-state index contributed by atoms with van der Waals surface area (Å²) in [5.74, 6) is -1.77. The maximum atomic E-state index is 14.3. The summed E-state index contributed by atoms with van der Waals surface area (Å²) in [4.78, 5) is 75.2. The molecule has 2 fully saturated rings. The number of carboxylic acid groups (broad SMARTS) is 1. The van der Waals surface area contributed by atoms with Crippen LogP contribution in [0.2, 0.25) is 10.0 Å². The molecule has 0 aliphatic carbocycles. The zero-order valence-electron chi connectivity index (χ0n) is 52.5. The number of carboxylic acids is 1. The summed E-state index contributed by atoms with van der Waals surface area (Å²) in [6.45, 7) is 15.1. The molecule has 2 saturated heterocycles. The normalized spacial score (nSPS) is 16.2. The summed E-state index contributed by atoms with van der Waals surface area (Å²) in [6.07, 6.45) is 2.17. The number of carbonyl (C=O) groups is 6. The van der Waals surface area contributed by atoms with Crippen LogP contribution in [0.25, 0.3) is 0 Å². The van der Waals surface area contributed by atoms with Gasteiger partial charge in [-0.1, -0.05) is 47.5 Å². The van der Waals surface area contributed by atoms with Gasteiger partial charge in [-0.3, -0.25) is 4.79 Å². The minimum absolute atomic E-state index is 0.0153. The Labute approximate surface area is 530 Å². The van der Waals surface area contributed by atoms with E-state index < -0.39 is 59.3 Å². The van der Waals surface area contributed by atoms with Crippen molar-refractivity contribution in [1.82, 2.24) is 25.8 Å². The molecule has 6 rings (SSSR count). The van der Waals surface area contributed by atoms with Gasteiger partial charge in [-0.05, 0) is 175 Å². The summed E-state index contributed by atoms with van der Waals surface area (Å²) in [5, 5.41) is 17.5. The number of hydrogen-bond donors (Lipinski definition) is 5. The van der Waals surface area contributed by atoms with Crippen molar-refractivity contribution >= 4 is 59.5 Å². The van der Waals surface area contributed by atoms with E-state index in [0.29, 0.717) is 53.3 Å². The summed E-state index contributed by atoms with van der Waals surface area (Å²) in [5.41, 5.74) is 7.07. The predicted octanol–water partition coefficient (Wildman–Crippen LogP) is 11.4. The van der Waals surface area contributed by atoms with E-state index in [2.05, 4.69) is 25.4 Å². The minimum atomic E-state index is -1.09. The van der Waals surface area contributed by atoms with Gasteiger partial charge in [0.15, 0.2) is 0 Å². The van der Waals surface area contributed by atoms with Crippen molar-refractivity contribution in [3.63, 3.8) is 0 Å². The van der Waals surface area contributed by atoms with Crippen LogP contribution in [-0.2, 0) is 37.9 Å². The molecule has 4 aromatic rings. The van der Waals surface area contributed by atoms with Crippen LogP contribution in [0.5, 0.6) is 0 Å². The number of alkyl carbamates (subject to hydrolysis) is 2. The Morgan fingerprint density at radius 3 is 1.45 bits per heavy atom. The number of amides is 5. The average Bonchev–Trinajstić information content (AvgIpc) is 1.90. The SMILES string of the molecule is CN(C(=O)OC(C)(C)C)[C@H](CN)C[C@H]1CCCOC1.COC(=O)NCCOC(c1cc(F)cc(Cl)c1)c1cccc(C(=O)NC[C@H](C[C@H]2CCCOC2)N(C)C(=O)OC(C)(C)C)c1.COC(=O)NCCOC(c1cc(F)cc(Cl)c1)c1cccc(C(=O)O)c1. The first-order valence-electron chi connectivity index (χ1n) is 29.4. The van der Waals surface area contributed by atoms with Crippen molar-refractivity contribution in [3.05, 3.63) is 140 Å². The van der Waals surface area contributed by atoms with E-state index in [1.54, 1.807) is 61.5 Å². The van der Waals surface area contributed by atoms with Gasteiger partial charge in [0.2, 0.25) is 0 Å². The third kappa shape index (κ3) is 27.4. The average molecular weight is 1290 g/mol. The smallest absolute Gasteiger partial charge is 0.410 e. The number of hydrogen-bond acceptors (Lipinski definition) is 15. The van der Waals surface area contributed by atoms with E-state index in [-0.39, 0.29) is 78.5 Å². The number of carbonyl (C=O) groups excluding carboxylic acids is 5. The molecule has 492 valence electrons. The summed E-state index contributed by atoms with van der Waals surface area (Å²) in [7, 11) is 5.93. The summed E-state index contributed by atoms with van der Waals surface area (Å²) < 4.78 is 70.9. The third-order valence-corrected chi connectivity index (χ3v) is 14.3. The number of nitrogens with zero attached hydrogens (tertiary/aromatic N) is 2. The second kappa shape index (κ2) is 37.3. The zero-order valence-corrected chi connectivity index (χ0v) is 54.0. The van der Waals surface area contributed by atoms with E-state index in [1.165, 1.54) is 55.5 Å². The van der Waals surface area contributed by atoms with E-state index in [4.69, 9.17) is 62.5 Å². The number of nitrogens with one attached hydrogen (secondary N) is 3. The van der Waals surface area contributed by atoms with Gasteiger partial charge in [0.05, 0.1) is 39.0 Å². The van der Waals surface area contributed by atoms with Gasteiger partial charge in [0, 0.05) is 88.4 Å². The van der Waals surface area contributed by atoms with Crippen molar-refractivity contribution in [2.45, 2.75) is 116 Å². The van der Waals surface area contributed by atoms with Crippen LogP contribution in [0, 0.1) is 23.5 Å². The van der Waals surface area contributed by atoms with Crippen LogP contribution in [-0.4, -0.2) is 169 Å². The van der Waals surface area contributed by atoms with Crippen LogP contribution in [0.4, 0.5) is 28.0 Å². The van der Waals surface area contributed by atoms with Crippen molar-refractivity contribution in [2.75, 3.05) is 94.1 Å². The standard InChI is InChI=1S/C32H43ClFN3O7.C18H17ClFNO5.C14H28N2O3/c1-32(2,3)44-31(40)37(4)27(14-21-8-7-12-42-20-21)19-36-29(38)23-10-6-9-22(15-23)28(43-13-11-35-30(39)41-5)24-16-25(33)18-26(34)17-24;1-25-18(24)21-5-6-26-16(13-8-14(19)10-15(20)9-13)11-3-2-4-12(7-11)17(22)23;1-14(2,3)19-13(17)16(4)12(9-15)8-11-6-5-7-18-10-11/h6,9-10,15-18,21,27-28H,7-8,11-14,19-20H2,1-5H3,(H,35,39)(H,36,38);2-4,7-10,16H,5-6H2,1H3,(H,21,24)(H,22,23);11-12H,5-10,15H2,1-4H3/t21-,27+,28?;;11-,12+/m1.1/s1. The molecule has 6 N–H and O–H groups in total. The highest BCUT2D eigenvalue weighted by Gasteiger charge is 2.31. The molecule has 0 spiro atoms. The summed E-state index contributed by atoms with van der Waals surface area (Å²) in [6, 6.07) is 20.7. The van der Waals surface area contributed by atoms with E-state index in [0.717, 1.165) is 58.0 Å². The Hall–Kier alpha value is -6.86. The van der Waals surface area contributed by atoms with Gasteiger partial charge in [0.1, 0.15) is 35.0 Å². The molecular weight excluding hydrogens is 1200 g/mol. The molecule has 0 radical (unpaired) electrons. The summed E-state index contributed by atoms with van der Waals surface area (Å²) >= 11 is 12.1. The van der Waals surface area contributed by atoms with E-state index in [9.17, 15) is 37.5 Å². The maximum Gasteiger partial charge on any atom is 0.410 e. The fourth-order valence-corrected chi connectivity index (χ4v) is 9.99. The fraction of sp³-hybridized carbons (Fsp3) is 0.531. The first kappa shape index (κ1) is 74.6. The predicted molar refractivity (Wildman–Crippen MR) is 332 cm³/mol. The quantitative estimate of drug-likeness (QED) is 0.0341. The first-order chi connectivity index (χ1) is 42.1. The molecule has 2 aliphatic rings. The molecule has 2 aliphatic heterocycles. The highest BCUT2D eigenvalue weighted by molar-refractivity contribution is 6.31. The zero-order chi connectivity index (χ0) is 65.8. The van der Waals surface area contributed by atoms with Crippen LogP contribution < -0.4 is 21.7 Å². The number of nitrogens with two attached hydrogens (primary N) is 1. The maximum absolute atomic E-state index is 14.3.